The average molecular weight is 432 g/mol. The lowest BCUT2D eigenvalue weighted by Gasteiger charge is -2.27. The van der Waals surface area contributed by atoms with Crippen LogP contribution in [0.2, 0.25) is 0 Å². The molecule has 0 radical (unpaired) electrons. The van der Waals surface area contributed by atoms with Crippen LogP contribution in [-0.2, 0) is 16.0 Å². The summed E-state index contributed by atoms with van der Waals surface area (Å²) in [5.41, 5.74) is 1.71. The Morgan fingerprint density at radius 3 is 2.32 bits per heavy atom. The summed E-state index contributed by atoms with van der Waals surface area (Å²) in [4.78, 5) is 25.1. The summed E-state index contributed by atoms with van der Waals surface area (Å²) in [6, 6.07) is 3.89. The van der Waals surface area contributed by atoms with Gasteiger partial charge in [0.2, 0.25) is 11.8 Å². The lowest BCUT2D eigenvalue weighted by molar-refractivity contribution is -0.124. The van der Waals surface area contributed by atoms with E-state index in [2.05, 4.69) is 37.2 Å². The minimum Gasteiger partial charge on any atom is -0.317 e. The molecule has 1 fully saturated rings. The molecule has 2 amide bonds. The van der Waals surface area contributed by atoms with Crippen LogP contribution in [0.25, 0.3) is 0 Å². The first kappa shape index (κ1) is 17.6. The maximum absolute atomic E-state index is 11.9. The predicted octanol–water partition coefficient (Wildman–Crippen LogP) is 3.65. The van der Waals surface area contributed by atoms with Crippen molar-refractivity contribution in [3.8, 4) is 0 Å². The lowest BCUT2D eigenvalue weighted by atomic mass is 9.90. The monoisotopic (exact) mass is 430 g/mol. The van der Waals surface area contributed by atoms with Gasteiger partial charge in [0.05, 0.1) is 5.69 Å². The van der Waals surface area contributed by atoms with Crippen LogP contribution in [0.1, 0.15) is 32.3 Å². The number of carbonyl (C=O) groups excluding carboxylic acids is 2. The van der Waals surface area contributed by atoms with Gasteiger partial charge in [-0.2, -0.15) is 0 Å². The molecule has 0 bridgehead atoms. The largest absolute Gasteiger partial charge is 0.317 e. The van der Waals surface area contributed by atoms with E-state index in [1.165, 1.54) is 18.7 Å². The molecule has 1 N–H and O–H groups in total. The Morgan fingerprint density at radius 1 is 1.18 bits per heavy atom. The number of hydrogen-bond acceptors (Lipinski definition) is 3. The van der Waals surface area contributed by atoms with Gasteiger partial charge in [-0.15, -0.1) is 0 Å². The average Bonchev–Trinajstić information content (AvgIpc) is 2.42. The number of nitrogens with zero attached hydrogens (tertiary/aromatic N) is 1. The summed E-state index contributed by atoms with van der Waals surface area (Å²) < 4.78 is 1.70. The first-order chi connectivity index (χ1) is 10.4. The second-order valence-corrected chi connectivity index (χ2v) is 7.44. The van der Waals surface area contributed by atoms with E-state index in [0.717, 1.165) is 46.9 Å². The third-order valence-corrected chi connectivity index (χ3v) is 4.99. The zero-order chi connectivity index (χ0) is 16.3. The third-order valence-electron chi connectivity index (χ3n) is 3.93. The van der Waals surface area contributed by atoms with E-state index < -0.39 is 0 Å². The molecule has 0 unspecified atom stereocenters. The summed E-state index contributed by atoms with van der Waals surface area (Å²) >= 11 is 7.02. The molecule has 1 aliphatic heterocycles. The van der Waals surface area contributed by atoms with Gasteiger partial charge in [0.15, 0.2) is 0 Å². The molecule has 4 nitrogen and oxygen atoms in total. The number of carbonyl (C=O) groups is 2. The van der Waals surface area contributed by atoms with Gasteiger partial charge in [0.25, 0.3) is 0 Å². The van der Waals surface area contributed by atoms with E-state index in [0.29, 0.717) is 11.6 Å². The van der Waals surface area contributed by atoms with Crippen molar-refractivity contribution in [2.75, 3.05) is 18.0 Å². The Labute approximate surface area is 147 Å². The predicted molar refractivity (Wildman–Crippen MR) is 95.0 cm³/mol. The normalized spacial score (nSPS) is 15.6. The quantitative estimate of drug-likeness (QED) is 0.794. The molecule has 0 spiro atoms. The number of hydrogen-bond donors (Lipinski definition) is 1. The SMILES string of the molecule is CC(=O)N(C(C)=O)c1c(Br)cc(Br)cc1CC1CCNCC1. The standard InChI is InChI=1S/C16H20Br2N2O2/c1-10(21)20(11(2)22)16-13(8-14(17)9-15(16)18)7-12-3-5-19-6-4-12/h8-9,12,19H,3-7H2,1-2H3. The maximum Gasteiger partial charge on any atom is 0.230 e. The van der Waals surface area contributed by atoms with Crippen molar-refractivity contribution in [3.05, 3.63) is 26.6 Å². The van der Waals surface area contributed by atoms with Crippen molar-refractivity contribution in [3.63, 3.8) is 0 Å². The van der Waals surface area contributed by atoms with Crippen LogP contribution < -0.4 is 10.2 Å². The number of imide groups is 1. The van der Waals surface area contributed by atoms with E-state index >= 15 is 0 Å². The highest BCUT2D eigenvalue weighted by Gasteiger charge is 2.25. The fourth-order valence-electron chi connectivity index (χ4n) is 2.96. The minimum absolute atomic E-state index is 0.262. The van der Waals surface area contributed by atoms with E-state index in [1.54, 1.807) is 0 Å². The maximum atomic E-state index is 11.9. The second-order valence-electron chi connectivity index (χ2n) is 5.67. The Hall–Kier alpha value is -0.720. The van der Waals surface area contributed by atoms with Gasteiger partial charge >= 0.3 is 0 Å². The summed E-state index contributed by atoms with van der Waals surface area (Å²) in [7, 11) is 0. The zero-order valence-electron chi connectivity index (χ0n) is 12.8. The number of piperidine rings is 1. The molecule has 1 heterocycles. The molecule has 1 aliphatic rings. The van der Waals surface area contributed by atoms with Gasteiger partial charge < -0.3 is 5.32 Å². The molecule has 6 heteroatoms. The molecule has 22 heavy (non-hydrogen) atoms. The van der Waals surface area contributed by atoms with Crippen LogP contribution >= 0.6 is 31.9 Å². The number of benzene rings is 1. The summed E-state index contributed by atoms with van der Waals surface area (Å²) in [6.45, 7) is 4.89. The van der Waals surface area contributed by atoms with Crippen LogP contribution in [0.3, 0.4) is 0 Å². The highest BCUT2D eigenvalue weighted by Crippen LogP contribution is 2.36. The highest BCUT2D eigenvalue weighted by molar-refractivity contribution is 9.11. The number of halogens is 2. The zero-order valence-corrected chi connectivity index (χ0v) is 16.0. The van der Waals surface area contributed by atoms with Gasteiger partial charge in [-0.05, 0) is 71.9 Å². The van der Waals surface area contributed by atoms with Gasteiger partial charge in [0.1, 0.15) is 0 Å². The van der Waals surface area contributed by atoms with Crippen molar-refractivity contribution in [1.82, 2.24) is 5.32 Å². The first-order valence-electron chi connectivity index (χ1n) is 7.40. The Bertz CT molecular complexity index is 570. The van der Waals surface area contributed by atoms with Crippen LogP contribution in [0, 0.1) is 5.92 Å². The Kier molecular flexibility index (Phi) is 6.17. The fraction of sp³-hybridized carbons (Fsp3) is 0.500. The lowest BCUT2D eigenvalue weighted by Crippen LogP contribution is -2.35. The van der Waals surface area contributed by atoms with E-state index in [-0.39, 0.29) is 11.8 Å². The van der Waals surface area contributed by atoms with Crippen molar-refractivity contribution >= 4 is 49.4 Å². The third kappa shape index (κ3) is 4.18. The number of amides is 2. The van der Waals surface area contributed by atoms with Gasteiger partial charge in [-0.3, -0.25) is 9.59 Å². The van der Waals surface area contributed by atoms with Crippen LogP contribution in [-0.4, -0.2) is 24.9 Å². The van der Waals surface area contributed by atoms with Crippen LogP contribution in [0.5, 0.6) is 0 Å². The molecule has 0 aromatic heterocycles. The molecule has 2 rings (SSSR count). The van der Waals surface area contributed by atoms with Crippen molar-refractivity contribution < 1.29 is 9.59 Å². The van der Waals surface area contributed by atoms with Crippen LogP contribution in [0.4, 0.5) is 5.69 Å². The van der Waals surface area contributed by atoms with Crippen molar-refractivity contribution in [2.45, 2.75) is 33.1 Å². The van der Waals surface area contributed by atoms with Crippen LogP contribution in [0.15, 0.2) is 21.1 Å². The minimum atomic E-state index is -0.262. The summed E-state index contributed by atoms with van der Waals surface area (Å²) in [6.07, 6.45) is 3.10. The molecule has 0 aliphatic carbocycles. The molecular weight excluding hydrogens is 412 g/mol. The van der Waals surface area contributed by atoms with Gasteiger partial charge in [-0.25, -0.2) is 4.90 Å². The molecule has 1 aromatic carbocycles. The molecule has 120 valence electrons. The van der Waals surface area contributed by atoms with Crippen molar-refractivity contribution in [1.29, 1.82) is 0 Å². The van der Waals surface area contributed by atoms with Gasteiger partial charge in [0, 0.05) is 22.8 Å². The molecule has 1 saturated heterocycles. The molecule has 1 aromatic rings. The topological polar surface area (TPSA) is 49.4 Å². The number of rotatable bonds is 3. The van der Waals surface area contributed by atoms with Gasteiger partial charge in [-0.1, -0.05) is 15.9 Å². The highest BCUT2D eigenvalue weighted by atomic mass is 79.9. The van der Waals surface area contributed by atoms with E-state index in [1.807, 2.05) is 12.1 Å². The summed E-state index contributed by atoms with van der Waals surface area (Å²) in [5, 5.41) is 3.36. The van der Waals surface area contributed by atoms with E-state index in [9.17, 15) is 9.59 Å². The molecular formula is C16H20Br2N2O2. The second kappa shape index (κ2) is 7.70. The Balaban J connectivity index is 2.42. The molecule has 0 saturated carbocycles. The summed E-state index contributed by atoms with van der Waals surface area (Å²) in [5.74, 6) is 0.0473. The Morgan fingerprint density at radius 2 is 1.77 bits per heavy atom. The van der Waals surface area contributed by atoms with Crippen molar-refractivity contribution in [2.24, 2.45) is 5.92 Å². The number of anilines is 1. The number of nitrogens with one attached hydrogen (secondary N) is 1. The molecule has 0 atom stereocenters. The van der Waals surface area contributed by atoms with E-state index in [4.69, 9.17) is 0 Å². The smallest absolute Gasteiger partial charge is 0.230 e. The first-order valence-corrected chi connectivity index (χ1v) is 8.98. The fourth-order valence-corrected chi connectivity index (χ4v) is 4.45.